The van der Waals surface area contributed by atoms with Gasteiger partial charge in [0.05, 0.1) is 11.6 Å². The van der Waals surface area contributed by atoms with Crippen molar-refractivity contribution in [3.63, 3.8) is 0 Å². The number of likely N-dealkylation sites (tertiary alicyclic amines) is 1. The molecule has 2 aromatic rings. The van der Waals surface area contributed by atoms with E-state index in [1.807, 2.05) is 40.8 Å². The molecule has 1 saturated heterocycles. The minimum Gasteiger partial charge on any atom is -0.340 e. The smallest absolute Gasteiger partial charge is 0.222 e. The van der Waals surface area contributed by atoms with E-state index in [4.69, 9.17) is 11.6 Å². The molecule has 156 valence electrons. The number of rotatable bonds is 6. The van der Waals surface area contributed by atoms with Crippen LogP contribution in [0, 0.1) is 0 Å². The van der Waals surface area contributed by atoms with Gasteiger partial charge in [-0.25, -0.2) is 4.68 Å². The number of tetrazole rings is 1. The summed E-state index contributed by atoms with van der Waals surface area (Å²) in [5, 5.41) is 17.4. The molecule has 7 nitrogen and oxygen atoms in total. The van der Waals surface area contributed by atoms with Crippen molar-refractivity contribution in [3.05, 3.63) is 40.7 Å². The van der Waals surface area contributed by atoms with Gasteiger partial charge >= 0.3 is 0 Å². The first-order valence-electron chi connectivity index (χ1n) is 10.7. The third kappa shape index (κ3) is 4.31. The highest BCUT2D eigenvalue weighted by Gasteiger charge is 2.43. The van der Waals surface area contributed by atoms with Gasteiger partial charge in [-0.15, -0.1) is 5.10 Å². The van der Waals surface area contributed by atoms with Crippen molar-refractivity contribution in [1.29, 1.82) is 0 Å². The maximum Gasteiger partial charge on any atom is 0.222 e. The van der Waals surface area contributed by atoms with E-state index in [2.05, 4.69) is 20.8 Å². The van der Waals surface area contributed by atoms with Crippen LogP contribution in [0.15, 0.2) is 24.3 Å². The van der Waals surface area contributed by atoms with E-state index in [9.17, 15) is 4.79 Å². The van der Waals surface area contributed by atoms with E-state index in [1.54, 1.807) is 0 Å². The zero-order valence-corrected chi connectivity index (χ0v) is 17.7. The van der Waals surface area contributed by atoms with Crippen molar-refractivity contribution in [2.45, 2.75) is 70.0 Å². The molecule has 2 fully saturated rings. The molecule has 29 heavy (non-hydrogen) atoms. The quantitative estimate of drug-likeness (QED) is 0.780. The Labute approximate surface area is 176 Å². The maximum atomic E-state index is 12.5. The van der Waals surface area contributed by atoms with Gasteiger partial charge in [-0.2, -0.15) is 0 Å². The van der Waals surface area contributed by atoms with Crippen molar-refractivity contribution >= 4 is 17.5 Å². The lowest BCUT2D eigenvalue weighted by Crippen LogP contribution is -2.57. The van der Waals surface area contributed by atoms with Crippen LogP contribution in [0.1, 0.15) is 69.3 Å². The Hall–Kier alpha value is -1.99. The van der Waals surface area contributed by atoms with Crippen molar-refractivity contribution in [2.24, 2.45) is 0 Å². The lowest BCUT2D eigenvalue weighted by atomic mass is 9.87. The predicted octanol–water partition coefficient (Wildman–Crippen LogP) is 3.46. The van der Waals surface area contributed by atoms with Gasteiger partial charge in [0, 0.05) is 31.1 Å². The molecular weight excluding hydrogens is 388 g/mol. The molecule has 0 spiro atoms. The molecule has 1 unspecified atom stereocenters. The zero-order chi connectivity index (χ0) is 20.3. The number of benzene rings is 1. The Morgan fingerprint density at radius 3 is 2.72 bits per heavy atom. The number of carbonyl (C=O) groups excluding carboxylic acids is 1. The Morgan fingerprint density at radius 1 is 1.24 bits per heavy atom. The van der Waals surface area contributed by atoms with Gasteiger partial charge in [0.2, 0.25) is 5.91 Å². The molecule has 1 aromatic carbocycles. The summed E-state index contributed by atoms with van der Waals surface area (Å²) in [6.07, 6.45) is 7.01. The van der Waals surface area contributed by atoms with Crippen molar-refractivity contribution in [3.8, 4) is 0 Å². The predicted molar refractivity (Wildman–Crippen MR) is 111 cm³/mol. The van der Waals surface area contributed by atoms with E-state index in [0.29, 0.717) is 25.6 Å². The summed E-state index contributed by atoms with van der Waals surface area (Å²) in [5.74, 6) is 1.05. The number of hydrogen-bond donors (Lipinski definition) is 1. The third-order valence-corrected chi connectivity index (χ3v) is 6.54. The molecule has 0 bridgehead atoms. The van der Waals surface area contributed by atoms with Crippen molar-refractivity contribution < 1.29 is 4.79 Å². The summed E-state index contributed by atoms with van der Waals surface area (Å²) in [5.41, 5.74) is 0.696. The number of aromatic nitrogens is 4. The minimum absolute atomic E-state index is 0.183. The molecule has 1 aliphatic heterocycles. The molecule has 1 aliphatic carbocycles. The second-order valence-electron chi connectivity index (χ2n) is 8.22. The van der Waals surface area contributed by atoms with Crippen LogP contribution < -0.4 is 5.32 Å². The van der Waals surface area contributed by atoms with Gasteiger partial charge in [-0.05, 0) is 53.8 Å². The number of hydrogen-bond acceptors (Lipinski definition) is 5. The molecule has 1 atom stereocenters. The fourth-order valence-electron chi connectivity index (χ4n) is 4.67. The average Bonchev–Trinajstić information content (AvgIpc) is 3.44. The highest BCUT2D eigenvalue weighted by molar-refractivity contribution is 6.30. The number of amides is 1. The van der Waals surface area contributed by atoms with E-state index in [0.717, 1.165) is 48.6 Å². The Balaban J connectivity index is 1.64. The minimum atomic E-state index is -0.450. The Morgan fingerprint density at radius 2 is 2.00 bits per heavy atom. The van der Waals surface area contributed by atoms with Crippen LogP contribution in [0.2, 0.25) is 5.02 Å². The molecule has 2 heterocycles. The van der Waals surface area contributed by atoms with Crippen molar-refractivity contribution in [1.82, 2.24) is 30.4 Å². The SMILES string of the molecule is CCC(=O)N1CCCC(NCc2ccc(Cl)cc2)(c2nnnn2C2CCCC2)C1. The lowest BCUT2D eigenvalue weighted by Gasteiger charge is -2.43. The Bertz CT molecular complexity index is 832. The van der Waals surface area contributed by atoms with Gasteiger partial charge in [-0.1, -0.05) is 43.5 Å². The lowest BCUT2D eigenvalue weighted by molar-refractivity contribution is -0.133. The summed E-state index contributed by atoms with van der Waals surface area (Å²) in [7, 11) is 0. The summed E-state index contributed by atoms with van der Waals surface area (Å²) in [4.78, 5) is 14.5. The van der Waals surface area contributed by atoms with Crippen LogP contribution in [0.4, 0.5) is 0 Å². The van der Waals surface area contributed by atoms with Crippen LogP contribution >= 0.6 is 11.6 Å². The fourth-order valence-corrected chi connectivity index (χ4v) is 4.80. The number of halogens is 1. The molecule has 1 N–H and O–H groups in total. The number of nitrogens with zero attached hydrogens (tertiary/aromatic N) is 5. The van der Waals surface area contributed by atoms with Crippen LogP contribution in [0.25, 0.3) is 0 Å². The normalized spacial score (nSPS) is 22.9. The molecule has 1 saturated carbocycles. The van der Waals surface area contributed by atoms with Gasteiger partial charge in [0.1, 0.15) is 0 Å². The van der Waals surface area contributed by atoms with E-state index in [1.165, 1.54) is 12.8 Å². The van der Waals surface area contributed by atoms with Crippen molar-refractivity contribution in [2.75, 3.05) is 13.1 Å². The number of nitrogens with one attached hydrogen (secondary N) is 1. The molecular formula is C21H29ClN6O. The molecule has 1 amide bonds. The van der Waals surface area contributed by atoms with Gasteiger partial charge < -0.3 is 4.90 Å². The van der Waals surface area contributed by atoms with E-state index >= 15 is 0 Å². The zero-order valence-electron chi connectivity index (χ0n) is 17.0. The molecule has 8 heteroatoms. The molecule has 1 aromatic heterocycles. The van der Waals surface area contributed by atoms with Gasteiger partial charge in [0.25, 0.3) is 0 Å². The van der Waals surface area contributed by atoms with Gasteiger partial charge in [0.15, 0.2) is 5.82 Å². The first-order valence-corrected chi connectivity index (χ1v) is 11.0. The van der Waals surface area contributed by atoms with Crippen LogP contribution in [0.3, 0.4) is 0 Å². The molecule has 4 rings (SSSR count). The van der Waals surface area contributed by atoms with Gasteiger partial charge in [-0.3, -0.25) is 10.1 Å². The highest BCUT2D eigenvalue weighted by atomic mass is 35.5. The first-order chi connectivity index (χ1) is 14.1. The van der Waals surface area contributed by atoms with Crippen LogP contribution in [-0.2, 0) is 16.9 Å². The fraction of sp³-hybridized carbons (Fsp3) is 0.619. The largest absolute Gasteiger partial charge is 0.340 e. The molecule has 0 radical (unpaired) electrons. The summed E-state index contributed by atoms with van der Waals surface area (Å²) >= 11 is 6.04. The monoisotopic (exact) mass is 416 g/mol. The van der Waals surface area contributed by atoms with E-state index in [-0.39, 0.29) is 5.91 Å². The van der Waals surface area contributed by atoms with Crippen LogP contribution in [-0.4, -0.2) is 44.1 Å². The number of carbonyl (C=O) groups is 1. The van der Waals surface area contributed by atoms with Crippen LogP contribution in [0.5, 0.6) is 0 Å². The second-order valence-corrected chi connectivity index (χ2v) is 8.66. The maximum absolute atomic E-state index is 12.5. The highest BCUT2D eigenvalue weighted by Crippen LogP contribution is 2.36. The standard InChI is InChI=1S/C21H29ClN6O/c1-2-19(29)27-13-5-12-21(15-27,23-14-16-8-10-17(22)11-9-16)20-24-25-26-28(20)18-6-3-4-7-18/h8-11,18,23H,2-7,12-15H2,1H3. The molecule has 2 aliphatic rings. The topological polar surface area (TPSA) is 75.9 Å². The van der Waals surface area contributed by atoms with E-state index < -0.39 is 5.54 Å². The third-order valence-electron chi connectivity index (χ3n) is 6.28. The Kier molecular flexibility index (Phi) is 6.15. The summed E-state index contributed by atoms with van der Waals surface area (Å²) in [6, 6.07) is 8.22. The summed E-state index contributed by atoms with van der Waals surface area (Å²) < 4.78 is 2.03. The second kappa shape index (κ2) is 8.79. The summed E-state index contributed by atoms with van der Waals surface area (Å²) in [6.45, 7) is 3.98. The first kappa shape index (κ1) is 20.3. The number of piperidine rings is 1. The average molecular weight is 417 g/mol.